The number of rotatable bonds is 2. The largest absolute Gasteiger partial charge is 0.288 e. The molecule has 0 aliphatic heterocycles. The number of aromatic nitrogens is 2. The van der Waals surface area contributed by atoms with Crippen LogP contribution in [-0.2, 0) is 17.6 Å². The second kappa shape index (κ2) is 3.57. The van der Waals surface area contributed by atoms with E-state index in [4.69, 9.17) is 0 Å². The monoisotopic (exact) mass is 170 g/mol. The van der Waals surface area contributed by atoms with Crippen LogP contribution >= 0.6 is 11.8 Å². The highest BCUT2D eigenvalue weighted by molar-refractivity contribution is 8.12. The van der Waals surface area contributed by atoms with Gasteiger partial charge in [0.05, 0.1) is 6.20 Å². The van der Waals surface area contributed by atoms with Crippen LogP contribution in [0.2, 0.25) is 0 Å². The second-order valence-corrected chi connectivity index (χ2v) is 3.45. The van der Waals surface area contributed by atoms with E-state index in [-0.39, 0.29) is 5.12 Å². The molecule has 11 heavy (non-hydrogen) atoms. The number of hydrogen-bond acceptors (Lipinski definition) is 3. The molecule has 1 aromatic heterocycles. The van der Waals surface area contributed by atoms with Crippen LogP contribution in [0.1, 0.15) is 12.5 Å². The molecular weight excluding hydrogens is 160 g/mol. The van der Waals surface area contributed by atoms with Crippen molar-refractivity contribution in [2.75, 3.05) is 0 Å². The molecule has 0 unspecified atom stereocenters. The lowest BCUT2D eigenvalue weighted by molar-refractivity contribution is -0.109. The van der Waals surface area contributed by atoms with Crippen molar-refractivity contribution in [1.82, 2.24) is 9.78 Å². The van der Waals surface area contributed by atoms with Crippen LogP contribution in [0, 0.1) is 0 Å². The molecular formula is C7H10N2OS. The zero-order valence-electron chi connectivity index (χ0n) is 6.57. The fourth-order valence-corrected chi connectivity index (χ4v) is 1.25. The molecule has 0 saturated heterocycles. The Bertz CT molecular complexity index is 257. The maximum absolute atomic E-state index is 10.6. The van der Waals surface area contributed by atoms with Gasteiger partial charge in [0.1, 0.15) is 0 Å². The lowest BCUT2D eigenvalue weighted by atomic mass is 10.4. The van der Waals surface area contributed by atoms with E-state index in [1.54, 1.807) is 17.8 Å². The standard InChI is InChI=1S/C7H10N2OS/c1-6(10)11-5-7-3-8-9(2)4-7/h3-4H,5H2,1-2H3. The van der Waals surface area contributed by atoms with Crippen molar-refractivity contribution in [3.05, 3.63) is 18.0 Å². The van der Waals surface area contributed by atoms with Crippen molar-refractivity contribution in [1.29, 1.82) is 0 Å². The van der Waals surface area contributed by atoms with Crippen molar-refractivity contribution in [3.63, 3.8) is 0 Å². The minimum absolute atomic E-state index is 0.147. The Hall–Kier alpha value is -0.770. The fourth-order valence-electron chi connectivity index (χ4n) is 0.731. The summed E-state index contributed by atoms with van der Waals surface area (Å²) in [6.07, 6.45) is 3.69. The minimum Gasteiger partial charge on any atom is -0.288 e. The zero-order chi connectivity index (χ0) is 8.27. The lowest BCUT2D eigenvalue weighted by Crippen LogP contribution is -1.85. The van der Waals surface area contributed by atoms with Gasteiger partial charge in [-0.05, 0) is 0 Å². The number of nitrogens with zero attached hydrogens (tertiary/aromatic N) is 2. The highest BCUT2D eigenvalue weighted by Crippen LogP contribution is 2.10. The molecule has 3 nitrogen and oxygen atoms in total. The Balaban J connectivity index is 2.45. The molecule has 0 aromatic carbocycles. The maximum atomic E-state index is 10.6. The van der Waals surface area contributed by atoms with E-state index in [1.165, 1.54) is 11.8 Å². The summed E-state index contributed by atoms with van der Waals surface area (Å²) in [5.74, 6) is 0.725. The molecule has 0 N–H and O–H groups in total. The normalized spacial score (nSPS) is 10.0. The highest BCUT2D eigenvalue weighted by atomic mass is 32.2. The van der Waals surface area contributed by atoms with E-state index >= 15 is 0 Å². The molecule has 60 valence electrons. The van der Waals surface area contributed by atoms with Gasteiger partial charge in [-0.1, -0.05) is 11.8 Å². The molecule has 1 aromatic rings. The summed E-state index contributed by atoms with van der Waals surface area (Å²) < 4.78 is 1.73. The first-order valence-electron chi connectivity index (χ1n) is 3.29. The van der Waals surface area contributed by atoms with Crippen LogP contribution < -0.4 is 0 Å². The van der Waals surface area contributed by atoms with Gasteiger partial charge in [-0.3, -0.25) is 9.48 Å². The molecule has 0 aliphatic rings. The third kappa shape index (κ3) is 2.76. The average Bonchev–Trinajstić information content (AvgIpc) is 2.31. The first-order valence-corrected chi connectivity index (χ1v) is 4.28. The van der Waals surface area contributed by atoms with Crippen LogP contribution in [0.25, 0.3) is 0 Å². The summed E-state index contributed by atoms with van der Waals surface area (Å²) in [7, 11) is 1.86. The Labute approximate surface area is 69.8 Å². The van der Waals surface area contributed by atoms with Crippen molar-refractivity contribution in [3.8, 4) is 0 Å². The van der Waals surface area contributed by atoms with Gasteiger partial charge in [-0.15, -0.1) is 0 Å². The van der Waals surface area contributed by atoms with Gasteiger partial charge in [-0.25, -0.2) is 0 Å². The third-order valence-corrected chi connectivity index (χ3v) is 2.08. The summed E-state index contributed by atoms with van der Waals surface area (Å²) in [6, 6.07) is 0. The van der Waals surface area contributed by atoms with E-state index in [2.05, 4.69) is 5.10 Å². The number of aryl methyl sites for hydroxylation is 1. The molecule has 1 heterocycles. The lowest BCUT2D eigenvalue weighted by Gasteiger charge is -1.90. The summed E-state index contributed by atoms with van der Waals surface area (Å²) in [6.45, 7) is 1.57. The zero-order valence-corrected chi connectivity index (χ0v) is 7.39. The quantitative estimate of drug-likeness (QED) is 0.669. The average molecular weight is 170 g/mol. The van der Waals surface area contributed by atoms with E-state index in [0.717, 1.165) is 11.3 Å². The van der Waals surface area contributed by atoms with E-state index < -0.39 is 0 Å². The summed E-state index contributed by atoms with van der Waals surface area (Å²) >= 11 is 1.31. The second-order valence-electron chi connectivity index (χ2n) is 2.30. The van der Waals surface area contributed by atoms with E-state index in [0.29, 0.717) is 0 Å². The van der Waals surface area contributed by atoms with Gasteiger partial charge in [0.2, 0.25) is 0 Å². The molecule has 0 spiro atoms. The van der Waals surface area contributed by atoms with E-state index in [1.807, 2.05) is 13.2 Å². The van der Waals surface area contributed by atoms with Crippen molar-refractivity contribution in [2.24, 2.45) is 7.05 Å². The number of thioether (sulfide) groups is 1. The minimum atomic E-state index is 0.147. The topological polar surface area (TPSA) is 34.9 Å². The molecule has 0 atom stereocenters. The molecule has 0 saturated carbocycles. The number of hydrogen-bond donors (Lipinski definition) is 0. The van der Waals surface area contributed by atoms with E-state index in [9.17, 15) is 4.79 Å². The SMILES string of the molecule is CC(=O)SCc1cnn(C)c1. The smallest absolute Gasteiger partial charge is 0.186 e. The van der Waals surface area contributed by atoms with Crippen LogP contribution in [0.15, 0.2) is 12.4 Å². The first kappa shape index (κ1) is 8.33. The van der Waals surface area contributed by atoms with Gasteiger partial charge in [0, 0.05) is 31.5 Å². The Kier molecular flexibility index (Phi) is 2.70. The Morgan fingerprint density at radius 3 is 3.00 bits per heavy atom. The predicted molar refractivity (Wildman–Crippen MR) is 45.2 cm³/mol. The third-order valence-electron chi connectivity index (χ3n) is 1.20. The molecule has 0 bridgehead atoms. The van der Waals surface area contributed by atoms with Gasteiger partial charge in [-0.2, -0.15) is 5.10 Å². The predicted octanol–water partition coefficient (Wildman–Crippen LogP) is 1.20. The summed E-state index contributed by atoms with van der Waals surface area (Å²) in [5, 5.41) is 4.13. The van der Waals surface area contributed by atoms with Crippen LogP contribution in [0.3, 0.4) is 0 Å². The maximum Gasteiger partial charge on any atom is 0.186 e. The van der Waals surface area contributed by atoms with Crippen LogP contribution in [0.5, 0.6) is 0 Å². The van der Waals surface area contributed by atoms with Gasteiger partial charge < -0.3 is 0 Å². The fraction of sp³-hybridized carbons (Fsp3) is 0.429. The molecule has 0 aliphatic carbocycles. The van der Waals surface area contributed by atoms with Crippen molar-refractivity contribution in [2.45, 2.75) is 12.7 Å². The van der Waals surface area contributed by atoms with Crippen molar-refractivity contribution < 1.29 is 4.79 Å². The van der Waals surface area contributed by atoms with Gasteiger partial charge >= 0.3 is 0 Å². The molecule has 0 amide bonds. The van der Waals surface area contributed by atoms with Crippen LogP contribution in [0.4, 0.5) is 0 Å². The molecule has 0 fully saturated rings. The first-order chi connectivity index (χ1) is 5.18. The van der Waals surface area contributed by atoms with Crippen LogP contribution in [-0.4, -0.2) is 14.9 Å². The van der Waals surface area contributed by atoms with Crippen molar-refractivity contribution >= 4 is 16.9 Å². The summed E-state index contributed by atoms with van der Waals surface area (Å²) in [5.41, 5.74) is 1.09. The highest BCUT2D eigenvalue weighted by Gasteiger charge is 1.98. The number of carbonyl (C=O) groups excluding carboxylic acids is 1. The summed E-state index contributed by atoms with van der Waals surface area (Å²) in [4.78, 5) is 10.6. The molecule has 4 heteroatoms. The molecule has 0 radical (unpaired) electrons. The van der Waals surface area contributed by atoms with Gasteiger partial charge in [0.15, 0.2) is 5.12 Å². The van der Waals surface area contributed by atoms with Gasteiger partial charge in [0.25, 0.3) is 0 Å². The molecule has 1 rings (SSSR count). The number of carbonyl (C=O) groups is 1. The Morgan fingerprint density at radius 1 is 1.82 bits per heavy atom. The Morgan fingerprint density at radius 2 is 2.55 bits per heavy atom.